The van der Waals surface area contributed by atoms with Crippen molar-refractivity contribution in [2.24, 2.45) is 5.92 Å². The average molecular weight is 316 g/mol. The van der Waals surface area contributed by atoms with Gasteiger partial charge in [-0.05, 0) is 18.8 Å². The maximum absolute atomic E-state index is 12.6. The minimum absolute atomic E-state index is 0.0906. The molecule has 1 unspecified atom stereocenters. The molecule has 1 rings (SSSR count). The van der Waals surface area contributed by atoms with Crippen molar-refractivity contribution in [3.05, 3.63) is 0 Å². The molecule has 0 radical (unpaired) electrons. The fraction of sp³-hybridized carbons (Fsp3) is 1.00. The Labute approximate surface area is 104 Å². The van der Waals surface area contributed by atoms with Crippen LogP contribution < -0.4 is 0 Å². The Morgan fingerprint density at radius 2 is 1.53 bits per heavy atom. The molecule has 1 fully saturated rings. The first-order valence-electron chi connectivity index (χ1n) is 5.09. The van der Waals surface area contributed by atoms with Crippen LogP contribution in [0, 0.1) is 5.92 Å². The Hall–Kier alpha value is -0.550. The highest BCUT2D eigenvalue weighted by Crippen LogP contribution is 2.37. The number of alkyl halides is 6. The topological polar surface area (TPSA) is 52.6 Å². The largest absolute Gasteiger partial charge is 0.523 e. The quantitative estimate of drug-likeness (QED) is 0.455. The molecular weight excluding hydrogens is 306 g/mol. The van der Waals surface area contributed by atoms with Gasteiger partial charge in [-0.1, -0.05) is 0 Å². The molecule has 0 aromatic carbocycles. The van der Waals surface area contributed by atoms with E-state index in [0.717, 1.165) is 0 Å². The Morgan fingerprint density at radius 3 is 1.89 bits per heavy atom. The molecule has 4 nitrogen and oxygen atoms in total. The third kappa shape index (κ3) is 4.21. The summed E-state index contributed by atoms with van der Waals surface area (Å²) in [6.45, 7) is -0.181. The second kappa shape index (κ2) is 5.44. The van der Waals surface area contributed by atoms with E-state index in [1.54, 1.807) is 0 Å². The SMILES string of the molecule is O=S(=O)(OC(C1CCOCC1)C(F)(F)F)C(F)(F)F. The fourth-order valence-corrected chi connectivity index (χ4v) is 2.26. The minimum Gasteiger partial charge on any atom is -0.381 e. The fourth-order valence-electron chi connectivity index (χ4n) is 1.61. The van der Waals surface area contributed by atoms with Crippen LogP contribution in [-0.4, -0.2) is 39.4 Å². The van der Waals surface area contributed by atoms with E-state index in [-0.39, 0.29) is 26.1 Å². The summed E-state index contributed by atoms with van der Waals surface area (Å²) in [6, 6.07) is 0. The number of halogens is 6. The molecule has 0 spiro atoms. The Balaban J connectivity index is 2.94. The van der Waals surface area contributed by atoms with Gasteiger partial charge < -0.3 is 4.74 Å². The van der Waals surface area contributed by atoms with E-state index in [0.29, 0.717) is 0 Å². The molecule has 11 heteroatoms. The molecule has 1 aliphatic heterocycles. The van der Waals surface area contributed by atoms with Crippen molar-refractivity contribution in [1.29, 1.82) is 0 Å². The van der Waals surface area contributed by atoms with Gasteiger partial charge in [0.05, 0.1) is 0 Å². The van der Waals surface area contributed by atoms with Crippen LogP contribution in [0.15, 0.2) is 0 Å². The van der Waals surface area contributed by atoms with E-state index in [2.05, 4.69) is 4.18 Å². The zero-order chi connectivity index (χ0) is 14.9. The van der Waals surface area contributed by atoms with Gasteiger partial charge in [-0.15, -0.1) is 0 Å². The smallest absolute Gasteiger partial charge is 0.381 e. The summed E-state index contributed by atoms with van der Waals surface area (Å²) in [7, 11) is -6.29. The predicted molar refractivity (Wildman–Crippen MR) is 49.4 cm³/mol. The van der Waals surface area contributed by atoms with Gasteiger partial charge in [-0.2, -0.15) is 34.8 Å². The van der Waals surface area contributed by atoms with Crippen LogP contribution in [0.25, 0.3) is 0 Å². The van der Waals surface area contributed by atoms with Crippen molar-refractivity contribution in [2.75, 3.05) is 13.2 Å². The van der Waals surface area contributed by atoms with Crippen molar-refractivity contribution in [3.8, 4) is 0 Å². The zero-order valence-electron chi connectivity index (χ0n) is 9.29. The third-order valence-electron chi connectivity index (χ3n) is 2.53. The van der Waals surface area contributed by atoms with Gasteiger partial charge in [-0.25, -0.2) is 4.18 Å². The van der Waals surface area contributed by atoms with Gasteiger partial charge >= 0.3 is 21.8 Å². The summed E-state index contributed by atoms with van der Waals surface area (Å²) in [5, 5.41) is 0. The lowest BCUT2D eigenvalue weighted by atomic mass is 9.94. The number of hydrogen-bond donors (Lipinski definition) is 0. The summed E-state index contributed by atoms with van der Waals surface area (Å²) >= 11 is 0. The van der Waals surface area contributed by atoms with Crippen molar-refractivity contribution in [1.82, 2.24) is 0 Å². The highest BCUT2D eigenvalue weighted by atomic mass is 32.2. The molecule has 0 N–H and O–H groups in total. The third-order valence-corrected chi connectivity index (χ3v) is 3.56. The summed E-state index contributed by atoms with van der Waals surface area (Å²) < 4.78 is 103. The first kappa shape index (κ1) is 16.5. The maximum Gasteiger partial charge on any atom is 0.523 e. The Morgan fingerprint density at radius 1 is 1.05 bits per heavy atom. The predicted octanol–water partition coefficient (Wildman–Crippen LogP) is 2.21. The maximum atomic E-state index is 12.6. The van der Waals surface area contributed by atoms with Crippen LogP contribution >= 0.6 is 0 Å². The minimum atomic E-state index is -6.29. The molecule has 1 heterocycles. The molecule has 0 amide bonds. The first-order valence-corrected chi connectivity index (χ1v) is 6.50. The van der Waals surface area contributed by atoms with Gasteiger partial charge in [0.15, 0.2) is 6.10 Å². The van der Waals surface area contributed by atoms with Crippen molar-refractivity contribution in [2.45, 2.75) is 30.6 Å². The average Bonchev–Trinajstić information content (AvgIpc) is 2.24. The highest BCUT2D eigenvalue weighted by Gasteiger charge is 2.55. The van der Waals surface area contributed by atoms with Crippen LogP contribution in [0.4, 0.5) is 26.3 Å². The molecule has 1 aliphatic rings. The highest BCUT2D eigenvalue weighted by molar-refractivity contribution is 7.87. The Bertz CT molecular complexity index is 394. The second-order valence-electron chi connectivity index (χ2n) is 3.91. The van der Waals surface area contributed by atoms with Crippen LogP contribution in [0.2, 0.25) is 0 Å². The van der Waals surface area contributed by atoms with Crippen LogP contribution in [0.1, 0.15) is 12.8 Å². The van der Waals surface area contributed by atoms with E-state index >= 15 is 0 Å². The standard InChI is InChI=1S/C8H10F6O4S/c9-7(10,11)6(5-1-3-17-4-2-5)18-19(15,16)8(12,13)14/h5-6H,1-4H2. The molecule has 0 saturated carbocycles. The molecule has 114 valence electrons. The van der Waals surface area contributed by atoms with Gasteiger partial charge in [0.1, 0.15) is 0 Å². The summed E-state index contributed by atoms with van der Waals surface area (Å²) in [6.07, 6.45) is -8.67. The molecule has 1 atom stereocenters. The van der Waals surface area contributed by atoms with E-state index in [1.807, 2.05) is 0 Å². The van der Waals surface area contributed by atoms with Crippen LogP contribution in [-0.2, 0) is 19.0 Å². The van der Waals surface area contributed by atoms with Crippen molar-refractivity contribution < 1.29 is 43.7 Å². The molecule has 1 saturated heterocycles. The monoisotopic (exact) mass is 316 g/mol. The summed E-state index contributed by atoms with van der Waals surface area (Å²) in [5.41, 5.74) is -5.89. The molecule has 0 bridgehead atoms. The van der Waals surface area contributed by atoms with Gasteiger partial charge in [0, 0.05) is 13.2 Å². The lowest BCUT2D eigenvalue weighted by Gasteiger charge is -2.31. The molecule has 0 aliphatic carbocycles. The number of ether oxygens (including phenoxy) is 1. The number of hydrogen-bond acceptors (Lipinski definition) is 4. The van der Waals surface area contributed by atoms with E-state index in [9.17, 15) is 34.8 Å². The Kier molecular flexibility index (Phi) is 4.73. The summed E-state index contributed by atoms with van der Waals surface area (Å²) in [4.78, 5) is 0. The van der Waals surface area contributed by atoms with Crippen LogP contribution in [0.3, 0.4) is 0 Å². The summed E-state index contributed by atoms with van der Waals surface area (Å²) in [5.74, 6) is -1.38. The van der Waals surface area contributed by atoms with Crippen LogP contribution in [0.5, 0.6) is 0 Å². The molecule has 0 aromatic rings. The van der Waals surface area contributed by atoms with E-state index in [4.69, 9.17) is 4.74 Å². The molecular formula is C8H10F6O4S. The molecule has 19 heavy (non-hydrogen) atoms. The van der Waals surface area contributed by atoms with Gasteiger partial charge in [0.25, 0.3) is 0 Å². The zero-order valence-corrected chi connectivity index (χ0v) is 10.1. The number of rotatable bonds is 3. The normalized spacial score (nSPS) is 21.4. The lowest BCUT2D eigenvalue weighted by Crippen LogP contribution is -2.44. The van der Waals surface area contributed by atoms with E-state index < -0.39 is 33.8 Å². The second-order valence-corrected chi connectivity index (χ2v) is 5.47. The van der Waals surface area contributed by atoms with Crippen molar-refractivity contribution >= 4 is 10.1 Å². The molecule has 0 aromatic heterocycles. The van der Waals surface area contributed by atoms with Crippen molar-refractivity contribution in [3.63, 3.8) is 0 Å². The first-order chi connectivity index (χ1) is 8.45. The van der Waals surface area contributed by atoms with E-state index in [1.165, 1.54) is 0 Å². The lowest BCUT2D eigenvalue weighted by molar-refractivity contribution is -0.218. The van der Waals surface area contributed by atoms with Gasteiger partial charge in [-0.3, -0.25) is 0 Å². The van der Waals surface area contributed by atoms with Gasteiger partial charge in [0.2, 0.25) is 0 Å².